The Morgan fingerprint density at radius 1 is 1.18 bits per heavy atom. The Labute approximate surface area is 159 Å². The predicted molar refractivity (Wildman–Crippen MR) is 99.4 cm³/mol. The summed E-state index contributed by atoms with van der Waals surface area (Å²) in [6.07, 6.45) is 5.01. The van der Waals surface area contributed by atoms with E-state index in [1.54, 1.807) is 67.6 Å². The van der Waals surface area contributed by atoms with Crippen LogP contribution in [-0.4, -0.2) is 40.6 Å². The SMILES string of the molecule is Cc1nc(Oc2ccc(NC(=O)c3cn(C)nn3)cc2)cc(-n2cccn2)n1. The van der Waals surface area contributed by atoms with Crippen molar-refractivity contribution in [3.05, 3.63) is 66.5 Å². The highest BCUT2D eigenvalue weighted by Crippen LogP contribution is 2.23. The van der Waals surface area contributed by atoms with Crippen molar-refractivity contribution in [3.8, 4) is 17.4 Å². The second-order valence-electron chi connectivity index (χ2n) is 5.92. The van der Waals surface area contributed by atoms with Gasteiger partial charge in [-0.3, -0.25) is 9.48 Å². The summed E-state index contributed by atoms with van der Waals surface area (Å²) in [6.45, 7) is 1.78. The minimum absolute atomic E-state index is 0.241. The molecule has 0 fully saturated rings. The van der Waals surface area contributed by atoms with Crippen LogP contribution in [-0.2, 0) is 7.05 Å². The van der Waals surface area contributed by atoms with Gasteiger partial charge < -0.3 is 10.1 Å². The summed E-state index contributed by atoms with van der Waals surface area (Å²) in [7, 11) is 1.70. The first-order valence-electron chi connectivity index (χ1n) is 8.38. The Kier molecular flexibility index (Phi) is 4.50. The average Bonchev–Trinajstić information content (AvgIpc) is 3.35. The summed E-state index contributed by atoms with van der Waals surface area (Å²) in [5.41, 5.74) is 0.851. The Bertz CT molecular complexity index is 1100. The van der Waals surface area contributed by atoms with Crippen LogP contribution in [0.3, 0.4) is 0 Å². The molecule has 0 saturated carbocycles. The monoisotopic (exact) mass is 376 g/mol. The van der Waals surface area contributed by atoms with Crippen LogP contribution in [0, 0.1) is 6.92 Å². The van der Waals surface area contributed by atoms with Crippen molar-refractivity contribution in [2.24, 2.45) is 7.05 Å². The summed E-state index contributed by atoms with van der Waals surface area (Å²) in [5, 5.41) is 14.4. The molecule has 0 unspecified atom stereocenters. The highest BCUT2D eigenvalue weighted by molar-refractivity contribution is 6.02. The number of nitrogens with one attached hydrogen (secondary N) is 1. The average molecular weight is 376 g/mol. The Morgan fingerprint density at radius 3 is 2.68 bits per heavy atom. The maximum absolute atomic E-state index is 12.1. The van der Waals surface area contributed by atoms with Gasteiger partial charge in [-0.25, -0.2) is 9.67 Å². The standard InChI is InChI=1S/C18H16N8O2/c1-12-20-16(26-9-3-8-19-26)10-17(21-12)28-14-6-4-13(5-7-14)22-18(27)15-11-25(2)24-23-15/h3-11H,1-2H3,(H,22,27). The van der Waals surface area contributed by atoms with Crippen molar-refractivity contribution in [1.82, 2.24) is 34.7 Å². The normalized spacial score (nSPS) is 10.6. The number of nitrogens with zero attached hydrogens (tertiary/aromatic N) is 7. The molecular weight excluding hydrogens is 360 g/mol. The summed E-state index contributed by atoms with van der Waals surface area (Å²) >= 11 is 0. The van der Waals surface area contributed by atoms with Crippen molar-refractivity contribution in [1.29, 1.82) is 0 Å². The molecule has 0 aliphatic carbocycles. The first kappa shape index (κ1) is 17.3. The lowest BCUT2D eigenvalue weighted by molar-refractivity contribution is 0.102. The molecule has 3 heterocycles. The van der Waals surface area contributed by atoms with Gasteiger partial charge in [0.2, 0.25) is 5.88 Å². The van der Waals surface area contributed by atoms with Crippen molar-refractivity contribution in [2.75, 3.05) is 5.32 Å². The molecule has 28 heavy (non-hydrogen) atoms. The zero-order valence-electron chi connectivity index (χ0n) is 15.1. The topological polar surface area (TPSA) is 113 Å². The second kappa shape index (κ2) is 7.27. The van der Waals surface area contributed by atoms with E-state index in [1.807, 2.05) is 6.07 Å². The molecule has 0 atom stereocenters. The Hall–Kier alpha value is -4.08. The molecule has 10 heteroatoms. The van der Waals surface area contributed by atoms with Crippen molar-refractivity contribution < 1.29 is 9.53 Å². The van der Waals surface area contributed by atoms with Crippen LogP contribution >= 0.6 is 0 Å². The maximum Gasteiger partial charge on any atom is 0.277 e. The fraction of sp³-hybridized carbons (Fsp3) is 0.111. The first-order chi connectivity index (χ1) is 13.6. The molecule has 0 radical (unpaired) electrons. The number of rotatable bonds is 5. The Morgan fingerprint density at radius 2 is 2.00 bits per heavy atom. The van der Waals surface area contributed by atoms with Gasteiger partial charge >= 0.3 is 0 Å². The highest BCUT2D eigenvalue weighted by Gasteiger charge is 2.11. The van der Waals surface area contributed by atoms with E-state index in [2.05, 4.69) is 30.7 Å². The second-order valence-corrected chi connectivity index (χ2v) is 5.92. The van der Waals surface area contributed by atoms with Crippen molar-refractivity contribution in [2.45, 2.75) is 6.92 Å². The van der Waals surface area contributed by atoms with Crippen LogP contribution in [0.1, 0.15) is 16.3 Å². The molecule has 0 bridgehead atoms. The van der Waals surface area contributed by atoms with Crippen molar-refractivity contribution >= 4 is 11.6 Å². The molecule has 0 aliphatic rings. The van der Waals surface area contributed by atoms with Crippen LogP contribution in [0.15, 0.2) is 55.0 Å². The van der Waals surface area contributed by atoms with E-state index in [1.165, 1.54) is 4.68 Å². The number of aryl methyl sites for hydroxylation is 2. The molecule has 10 nitrogen and oxygen atoms in total. The number of hydrogen-bond acceptors (Lipinski definition) is 7. The van der Waals surface area contributed by atoms with Gasteiger partial charge in [-0.15, -0.1) is 5.10 Å². The summed E-state index contributed by atoms with van der Waals surface area (Å²) in [5.74, 6) is 1.81. The molecule has 4 aromatic rings. The van der Waals surface area contributed by atoms with E-state index >= 15 is 0 Å². The molecular formula is C18H16N8O2. The molecule has 4 rings (SSSR count). The van der Waals surface area contributed by atoms with Crippen LogP contribution < -0.4 is 10.1 Å². The summed E-state index contributed by atoms with van der Waals surface area (Å²) in [4.78, 5) is 20.7. The number of hydrogen-bond donors (Lipinski definition) is 1. The van der Waals surface area contributed by atoms with E-state index in [0.29, 0.717) is 29.0 Å². The molecule has 140 valence electrons. The van der Waals surface area contributed by atoms with Gasteiger partial charge in [0.15, 0.2) is 11.5 Å². The lowest BCUT2D eigenvalue weighted by Crippen LogP contribution is -2.12. The van der Waals surface area contributed by atoms with Gasteiger partial charge in [-0.05, 0) is 37.3 Å². The number of ether oxygens (including phenoxy) is 1. The molecule has 0 spiro atoms. The van der Waals surface area contributed by atoms with Gasteiger partial charge in [0.1, 0.15) is 11.6 Å². The zero-order chi connectivity index (χ0) is 19.5. The third kappa shape index (κ3) is 3.85. The third-order valence-electron chi connectivity index (χ3n) is 3.71. The van der Waals surface area contributed by atoms with E-state index < -0.39 is 0 Å². The van der Waals surface area contributed by atoms with Gasteiger partial charge in [0.25, 0.3) is 5.91 Å². The van der Waals surface area contributed by atoms with E-state index in [-0.39, 0.29) is 11.6 Å². The lowest BCUT2D eigenvalue weighted by Gasteiger charge is -2.09. The minimum atomic E-state index is -0.336. The van der Waals surface area contributed by atoms with Crippen LogP contribution in [0.2, 0.25) is 0 Å². The number of aromatic nitrogens is 7. The number of benzene rings is 1. The quantitative estimate of drug-likeness (QED) is 0.568. The molecule has 3 aromatic heterocycles. The summed E-state index contributed by atoms with van der Waals surface area (Å²) in [6, 6.07) is 10.4. The van der Waals surface area contributed by atoms with Crippen LogP contribution in [0.25, 0.3) is 5.82 Å². The predicted octanol–water partition coefficient (Wildman–Crippen LogP) is 2.14. The van der Waals surface area contributed by atoms with E-state index in [0.717, 1.165) is 0 Å². The lowest BCUT2D eigenvalue weighted by atomic mass is 10.3. The van der Waals surface area contributed by atoms with Gasteiger partial charge in [-0.1, -0.05) is 5.21 Å². The zero-order valence-corrected chi connectivity index (χ0v) is 15.1. The molecule has 1 amide bonds. The molecule has 0 saturated heterocycles. The maximum atomic E-state index is 12.1. The molecule has 0 aliphatic heterocycles. The number of carbonyl (C=O) groups excluding carboxylic acids is 1. The van der Waals surface area contributed by atoms with E-state index in [4.69, 9.17) is 4.74 Å². The third-order valence-corrected chi connectivity index (χ3v) is 3.71. The fourth-order valence-corrected chi connectivity index (χ4v) is 2.47. The number of carbonyl (C=O) groups is 1. The highest BCUT2D eigenvalue weighted by atomic mass is 16.5. The Balaban J connectivity index is 1.47. The van der Waals surface area contributed by atoms with Gasteiger partial charge in [-0.2, -0.15) is 10.1 Å². The minimum Gasteiger partial charge on any atom is -0.439 e. The largest absolute Gasteiger partial charge is 0.439 e. The van der Waals surface area contributed by atoms with Gasteiger partial charge in [0.05, 0.1) is 6.20 Å². The van der Waals surface area contributed by atoms with Crippen LogP contribution in [0.4, 0.5) is 5.69 Å². The van der Waals surface area contributed by atoms with Crippen molar-refractivity contribution in [3.63, 3.8) is 0 Å². The first-order valence-corrected chi connectivity index (χ1v) is 8.38. The number of amides is 1. The van der Waals surface area contributed by atoms with Crippen LogP contribution in [0.5, 0.6) is 11.6 Å². The number of anilines is 1. The fourth-order valence-electron chi connectivity index (χ4n) is 2.47. The molecule has 1 N–H and O–H groups in total. The van der Waals surface area contributed by atoms with Gasteiger partial charge in [0, 0.05) is 31.2 Å². The summed E-state index contributed by atoms with van der Waals surface area (Å²) < 4.78 is 8.91. The smallest absolute Gasteiger partial charge is 0.277 e. The van der Waals surface area contributed by atoms with E-state index in [9.17, 15) is 4.79 Å². The molecule has 1 aromatic carbocycles.